The second-order valence-electron chi connectivity index (χ2n) is 5.09. The Morgan fingerprint density at radius 2 is 2.00 bits per heavy atom. The molecule has 25 heavy (non-hydrogen) atoms. The molecule has 1 N–H and O–H groups in total. The lowest BCUT2D eigenvalue weighted by Crippen LogP contribution is -2.18. The smallest absolute Gasteiger partial charge is 0.343 e. The Labute approximate surface area is 150 Å². The van der Waals surface area contributed by atoms with E-state index in [0.29, 0.717) is 21.9 Å². The highest BCUT2D eigenvalue weighted by molar-refractivity contribution is 6.33. The predicted molar refractivity (Wildman–Crippen MR) is 95.2 cm³/mol. The van der Waals surface area contributed by atoms with Crippen molar-refractivity contribution < 1.29 is 19.1 Å². The fraction of sp³-hybridized carbons (Fsp3) is 0.167. The van der Waals surface area contributed by atoms with Crippen molar-refractivity contribution in [3.05, 3.63) is 64.2 Å². The lowest BCUT2D eigenvalue weighted by atomic mass is 10.1. The molecule has 7 heteroatoms. The molecule has 0 aromatic heterocycles. The van der Waals surface area contributed by atoms with Gasteiger partial charge in [0.2, 0.25) is 0 Å². The van der Waals surface area contributed by atoms with E-state index in [1.54, 1.807) is 42.5 Å². The van der Waals surface area contributed by atoms with Crippen molar-refractivity contribution >= 4 is 29.7 Å². The minimum atomic E-state index is -0.492. The number of halogens is 1. The van der Waals surface area contributed by atoms with Crippen molar-refractivity contribution in [2.45, 2.75) is 6.92 Å². The van der Waals surface area contributed by atoms with Crippen molar-refractivity contribution in [1.29, 1.82) is 0 Å². The molecule has 2 rings (SSSR count). The molecule has 2 aromatic rings. The Bertz CT molecular complexity index is 805. The largest absolute Gasteiger partial charge is 0.481 e. The number of benzene rings is 2. The van der Waals surface area contributed by atoms with Crippen molar-refractivity contribution in [1.82, 2.24) is 5.43 Å². The Hall–Kier alpha value is -2.86. The molecule has 0 bridgehead atoms. The fourth-order valence-corrected chi connectivity index (χ4v) is 2.26. The molecular formula is C18H17ClN2O4. The van der Waals surface area contributed by atoms with Gasteiger partial charge in [0.05, 0.1) is 23.9 Å². The van der Waals surface area contributed by atoms with E-state index >= 15 is 0 Å². The minimum Gasteiger partial charge on any atom is -0.481 e. The summed E-state index contributed by atoms with van der Waals surface area (Å²) >= 11 is 6.05. The van der Waals surface area contributed by atoms with Gasteiger partial charge in [0.1, 0.15) is 5.75 Å². The molecule has 2 aromatic carbocycles. The Morgan fingerprint density at radius 3 is 2.72 bits per heavy atom. The van der Waals surface area contributed by atoms with Crippen LogP contribution in [0.5, 0.6) is 5.75 Å². The average molecular weight is 361 g/mol. The van der Waals surface area contributed by atoms with Crippen LogP contribution in [-0.2, 0) is 9.53 Å². The number of para-hydroxylation sites is 1. The van der Waals surface area contributed by atoms with Crippen LogP contribution in [0.15, 0.2) is 47.6 Å². The number of hydrazone groups is 1. The van der Waals surface area contributed by atoms with Gasteiger partial charge in [0.15, 0.2) is 6.61 Å². The number of esters is 1. The molecule has 6 nitrogen and oxygen atoms in total. The highest BCUT2D eigenvalue weighted by Gasteiger charge is 2.09. The number of methoxy groups -OCH3 is 1. The van der Waals surface area contributed by atoms with Gasteiger partial charge in [-0.25, -0.2) is 10.2 Å². The number of amides is 1. The average Bonchev–Trinajstić information content (AvgIpc) is 2.60. The maximum absolute atomic E-state index is 12.1. The van der Waals surface area contributed by atoms with E-state index in [0.717, 1.165) is 5.56 Å². The fourth-order valence-electron chi connectivity index (χ4n) is 1.94. The van der Waals surface area contributed by atoms with Crippen LogP contribution in [0, 0.1) is 6.92 Å². The molecular weight excluding hydrogens is 344 g/mol. The molecule has 0 unspecified atom stereocenters. The number of rotatable bonds is 6. The van der Waals surface area contributed by atoms with E-state index in [1.807, 2.05) is 6.92 Å². The number of nitrogens with one attached hydrogen (secondary N) is 1. The summed E-state index contributed by atoms with van der Waals surface area (Å²) in [7, 11) is 1.28. The Kier molecular flexibility index (Phi) is 6.54. The van der Waals surface area contributed by atoms with Crippen LogP contribution < -0.4 is 10.2 Å². The highest BCUT2D eigenvalue weighted by atomic mass is 35.5. The molecule has 0 spiro atoms. The van der Waals surface area contributed by atoms with Gasteiger partial charge in [-0.1, -0.05) is 29.8 Å². The Balaban J connectivity index is 2.04. The first-order chi connectivity index (χ1) is 12.0. The number of carbonyl (C=O) groups excluding carboxylic acids is 2. The molecule has 0 aliphatic rings. The zero-order valence-corrected chi connectivity index (χ0v) is 14.5. The van der Waals surface area contributed by atoms with Crippen LogP contribution in [0.2, 0.25) is 5.02 Å². The van der Waals surface area contributed by atoms with E-state index in [4.69, 9.17) is 16.3 Å². The number of carbonyl (C=O) groups is 2. The van der Waals surface area contributed by atoms with Gasteiger partial charge in [-0.2, -0.15) is 5.10 Å². The topological polar surface area (TPSA) is 77.0 Å². The van der Waals surface area contributed by atoms with Gasteiger partial charge in [0.25, 0.3) is 5.91 Å². The second kappa shape index (κ2) is 8.84. The molecule has 0 saturated carbocycles. The van der Waals surface area contributed by atoms with E-state index in [2.05, 4.69) is 15.3 Å². The third-order valence-corrected chi connectivity index (χ3v) is 3.54. The number of hydrogen-bond acceptors (Lipinski definition) is 5. The van der Waals surface area contributed by atoms with E-state index in [9.17, 15) is 9.59 Å². The highest BCUT2D eigenvalue weighted by Crippen LogP contribution is 2.18. The summed E-state index contributed by atoms with van der Waals surface area (Å²) in [5.74, 6) is -0.470. The minimum absolute atomic E-state index is 0.216. The van der Waals surface area contributed by atoms with Crippen LogP contribution in [0.1, 0.15) is 21.5 Å². The van der Waals surface area contributed by atoms with Crippen LogP contribution in [-0.4, -0.2) is 31.8 Å². The first kappa shape index (κ1) is 18.5. The molecule has 0 aliphatic heterocycles. The zero-order chi connectivity index (χ0) is 18.2. The quantitative estimate of drug-likeness (QED) is 0.488. The molecule has 1 amide bonds. The van der Waals surface area contributed by atoms with Crippen molar-refractivity contribution in [3.8, 4) is 5.75 Å². The van der Waals surface area contributed by atoms with E-state index in [1.165, 1.54) is 13.3 Å². The standard InChI is InChI=1S/C18H17ClN2O4/c1-12-7-8-14(15(19)9-12)18(23)21-20-10-13-5-3-4-6-16(13)25-11-17(22)24-2/h3-10H,11H2,1-2H3,(H,21,23)/b20-10-. The second-order valence-corrected chi connectivity index (χ2v) is 5.49. The van der Waals surface area contributed by atoms with Crippen LogP contribution in [0.25, 0.3) is 0 Å². The third-order valence-electron chi connectivity index (χ3n) is 3.23. The molecule has 0 aliphatic carbocycles. The van der Waals surface area contributed by atoms with Crippen molar-refractivity contribution in [2.24, 2.45) is 5.10 Å². The van der Waals surface area contributed by atoms with Crippen LogP contribution in [0.4, 0.5) is 0 Å². The molecule has 0 radical (unpaired) electrons. The monoisotopic (exact) mass is 360 g/mol. The summed E-state index contributed by atoms with van der Waals surface area (Å²) in [6.07, 6.45) is 1.42. The van der Waals surface area contributed by atoms with Crippen LogP contribution >= 0.6 is 11.6 Å². The zero-order valence-electron chi connectivity index (χ0n) is 13.8. The third kappa shape index (κ3) is 5.32. The van der Waals surface area contributed by atoms with Crippen molar-refractivity contribution in [3.63, 3.8) is 0 Å². The number of nitrogens with zero attached hydrogens (tertiary/aromatic N) is 1. The van der Waals surface area contributed by atoms with Gasteiger partial charge in [-0.15, -0.1) is 0 Å². The van der Waals surface area contributed by atoms with E-state index < -0.39 is 11.9 Å². The van der Waals surface area contributed by atoms with Crippen LogP contribution in [0.3, 0.4) is 0 Å². The van der Waals surface area contributed by atoms with Gasteiger partial charge in [-0.3, -0.25) is 4.79 Å². The van der Waals surface area contributed by atoms with E-state index in [-0.39, 0.29) is 6.61 Å². The number of aryl methyl sites for hydroxylation is 1. The summed E-state index contributed by atoms with van der Waals surface area (Å²) in [4.78, 5) is 23.3. The lowest BCUT2D eigenvalue weighted by molar-refractivity contribution is -0.142. The number of ether oxygens (including phenoxy) is 2. The van der Waals surface area contributed by atoms with Gasteiger partial charge < -0.3 is 9.47 Å². The molecule has 0 saturated heterocycles. The van der Waals surface area contributed by atoms with Gasteiger partial charge in [-0.05, 0) is 36.8 Å². The molecule has 130 valence electrons. The summed E-state index contributed by atoms with van der Waals surface area (Å²) in [6, 6.07) is 12.1. The maximum Gasteiger partial charge on any atom is 0.343 e. The molecule has 0 atom stereocenters. The first-order valence-corrected chi connectivity index (χ1v) is 7.77. The van der Waals surface area contributed by atoms with Gasteiger partial charge in [0, 0.05) is 5.56 Å². The summed E-state index contributed by atoms with van der Waals surface area (Å²) in [6.45, 7) is 1.67. The maximum atomic E-state index is 12.1. The van der Waals surface area contributed by atoms with Gasteiger partial charge >= 0.3 is 5.97 Å². The summed E-state index contributed by atoms with van der Waals surface area (Å²) in [5, 5.41) is 4.27. The normalized spacial score (nSPS) is 10.5. The molecule has 0 fully saturated rings. The van der Waals surface area contributed by atoms with Crippen molar-refractivity contribution in [2.75, 3.05) is 13.7 Å². The first-order valence-electron chi connectivity index (χ1n) is 7.39. The predicted octanol–water partition coefficient (Wildman–Crippen LogP) is 2.96. The molecule has 0 heterocycles. The number of hydrogen-bond donors (Lipinski definition) is 1. The summed E-state index contributed by atoms with van der Waals surface area (Å²) < 4.78 is 9.89. The Morgan fingerprint density at radius 1 is 1.24 bits per heavy atom. The summed E-state index contributed by atoms with van der Waals surface area (Å²) in [5.41, 5.74) is 4.30. The lowest BCUT2D eigenvalue weighted by Gasteiger charge is -2.07. The SMILES string of the molecule is COC(=O)COc1ccccc1/C=N\NC(=O)c1ccc(C)cc1Cl.